The summed E-state index contributed by atoms with van der Waals surface area (Å²) in [5, 5.41) is 7.87. The zero-order valence-corrected chi connectivity index (χ0v) is 20.8. The average Bonchev–Trinajstić information content (AvgIpc) is 3.52. The maximum absolute atomic E-state index is 12.5. The SMILES string of the molecule is C/C(=N\NC(=O)c1ccc(COc2cc(Cl)ccc2Cl)o1)c1cccc(NC(=O)c2ccoc2C)c1. The maximum Gasteiger partial charge on any atom is 0.307 e. The Hall–Kier alpha value is -4.01. The number of hydrazone groups is 1. The second-order valence-electron chi connectivity index (χ2n) is 7.69. The Bertz CT molecular complexity index is 1440. The van der Waals surface area contributed by atoms with E-state index in [2.05, 4.69) is 15.8 Å². The molecule has 2 heterocycles. The quantitative estimate of drug-likeness (QED) is 0.202. The van der Waals surface area contributed by atoms with E-state index in [1.807, 2.05) is 6.07 Å². The van der Waals surface area contributed by atoms with E-state index in [0.717, 1.165) is 0 Å². The van der Waals surface area contributed by atoms with E-state index in [-0.39, 0.29) is 18.3 Å². The van der Waals surface area contributed by atoms with Gasteiger partial charge in [0, 0.05) is 16.8 Å². The van der Waals surface area contributed by atoms with E-state index >= 15 is 0 Å². The van der Waals surface area contributed by atoms with Gasteiger partial charge in [-0.25, -0.2) is 5.43 Å². The largest absolute Gasteiger partial charge is 0.484 e. The van der Waals surface area contributed by atoms with E-state index in [4.69, 9.17) is 36.8 Å². The predicted octanol–water partition coefficient (Wildman–Crippen LogP) is 6.47. The van der Waals surface area contributed by atoms with Crippen LogP contribution in [-0.2, 0) is 6.61 Å². The minimum atomic E-state index is -0.527. The van der Waals surface area contributed by atoms with Crippen molar-refractivity contribution in [1.29, 1.82) is 0 Å². The zero-order chi connectivity index (χ0) is 25.7. The van der Waals surface area contributed by atoms with E-state index in [1.54, 1.807) is 62.4 Å². The molecule has 8 nitrogen and oxygen atoms in total. The Kier molecular flexibility index (Phi) is 7.77. The van der Waals surface area contributed by atoms with Gasteiger partial charge in [-0.05, 0) is 61.9 Å². The van der Waals surface area contributed by atoms with Crippen molar-refractivity contribution in [2.45, 2.75) is 20.5 Å². The van der Waals surface area contributed by atoms with Crippen LogP contribution in [0.2, 0.25) is 10.0 Å². The first-order valence-corrected chi connectivity index (χ1v) is 11.5. The number of rotatable bonds is 8. The predicted molar refractivity (Wildman–Crippen MR) is 137 cm³/mol. The van der Waals surface area contributed by atoms with Crippen molar-refractivity contribution in [1.82, 2.24) is 5.43 Å². The summed E-state index contributed by atoms with van der Waals surface area (Å²) in [6.45, 7) is 3.51. The molecule has 4 rings (SSSR count). The number of hydrogen-bond acceptors (Lipinski definition) is 6. The summed E-state index contributed by atoms with van der Waals surface area (Å²) in [4.78, 5) is 24.9. The molecule has 0 spiro atoms. The fourth-order valence-corrected chi connectivity index (χ4v) is 3.54. The lowest BCUT2D eigenvalue weighted by Gasteiger charge is -2.07. The Labute approximate surface area is 216 Å². The zero-order valence-electron chi connectivity index (χ0n) is 19.3. The molecule has 184 valence electrons. The number of amides is 2. The van der Waals surface area contributed by atoms with Crippen LogP contribution in [0.3, 0.4) is 0 Å². The minimum absolute atomic E-state index is 0.0620. The van der Waals surface area contributed by atoms with Gasteiger partial charge < -0.3 is 18.9 Å². The van der Waals surface area contributed by atoms with Crippen molar-refractivity contribution in [3.05, 3.63) is 105 Å². The number of halogens is 2. The topological polar surface area (TPSA) is 106 Å². The van der Waals surface area contributed by atoms with Crippen molar-refractivity contribution in [3.8, 4) is 5.75 Å². The molecule has 0 unspecified atom stereocenters. The van der Waals surface area contributed by atoms with E-state index < -0.39 is 5.91 Å². The summed E-state index contributed by atoms with van der Waals surface area (Å²) in [5.74, 6) is 0.625. The fraction of sp³-hybridized carbons (Fsp3) is 0.115. The molecular weight excluding hydrogens is 505 g/mol. The molecule has 36 heavy (non-hydrogen) atoms. The van der Waals surface area contributed by atoms with Crippen LogP contribution in [0.5, 0.6) is 5.75 Å². The summed E-state index contributed by atoms with van der Waals surface area (Å²) in [6, 6.07) is 16.7. The molecule has 0 aliphatic heterocycles. The number of nitrogens with one attached hydrogen (secondary N) is 2. The highest BCUT2D eigenvalue weighted by Crippen LogP contribution is 2.28. The van der Waals surface area contributed by atoms with Crippen LogP contribution >= 0.6 is 23.2 Å². The number of anilines is 1. The number of ether oxygens (including phenoxy) is 1. The molecule has 0 saturated carbocycles. The normalized spacial score (nSPS) is 11.3. The van der Waals surface area contributed by atoms with Crippen LogP contribution in [0.25, 0.3) is 0 Å². The molecule has 0 bridgehead atoms. The Morgan fingerprint density at radius 1 is 1.03 bits per heavy atom. The number of nitrogens with zero attached hydrogens (tertiary/aromatic N) is 1. The van der Waals surface area contributed by atoms with E-state index in [0.29, 0.717) is 49.8 Å². The molecule has 2 N–H and O–H groups in total. The first-order valence-electron chi connectivity index (χ1n) is 10.8. The van der Waals surface area contributed by atoms with Crippen LogP contribution in [0.15, 0.2) is 80.9 Å². The van der Waals surface area contributed by atoms with Gasteiger partial charge in [-0.15, -0.1) is 0 Å². The van der Waals surface area contributed by atoms with Crippen LogP contribution < -0.4 is 15.5 Å². The highest BCUT2D eigenvalue weighted by molar-refractivity contribution is 6.34. The second-order valence-corrected chi connectivity index (χ2v) is 8.54. The summed E-state index contributed by atoms with van der Waals surface area (Å²) in [7, 11) is 0. The fourth-order valence-electron chi connectivity index (χ4n) is 3.21. The monoisotopic (exact) mass is 525 g/mol. The molecular formula is C26H21Cl2N3O5. The lowest BCUT2D eigenvalue weighted by Crippen LogP contribution is -2.19. The highest BCUT2D eigenvalue weighted by Gasteiger charge is 2.14. The lowest BCUT2D eigenvalue weighted by atomic mass is 10.1. The third kappa shape index (κ3) is 6.16. The van der Waals surface area contributed by atoms with Gasteiger partial charge in [0.2, 0.25) is 0 Å². The highest BCUT2D eigenvalue weighted by atomic mass is 35.5. The number of benzene rings is 2. The molecule has 2 aromatic carbocycles. The van der Waals surface area contributed by atoms with Crippen LogP contribution in [0.4, 0.5) is 5.69 Å². The summed E-state index contributed by atoms with van der Waals surface area (Å²) in [5.41, 5.74) is 4.74. The Balaban J connectivity index is 1.35. The van der Waals surface area contributed by atoms with Gasteiger partial charge in [-0.3, -0.25) is 9.59 Å². The minimum Gasteiger partial charge on any atom is -0.484 e. The van der Waals surface area contributed by atoms with Crippen LogP contribution in [0, 0.1) is 6.92 Å². The van der Waals surface area contributed by atoms with Gasteiger partial charge in [-0.2, -0.15) is 5.10 Å². The van der Waals surface area contributed by atoms with Crippen LogP contribution in [-0.4, -0.2) is 17.5 Å². The maximum atomic E-state index is 12.5. The van der Waals surface area contributed by atoms with E-state index in [1.165, 1.54) is 12.3 Å². The molecule has 0 fully saturated rings. The lowest BCUT2D eigenvalue weighted by molar-refractivity contribution is 0.0922. The van der Waals surface area contributed by atoms with Gasteiger partial charge >= 0.3 is 5.91 Å². The number of aryl methyl sites for hydroxylation is 1. The number of hydrogen-bond donors (Lipinski definition) is 2. The third-order valence-corrected chi connectivity index (χ3v) is 5.66. The first-order chi connectivity index (χ1) is 17.3. The Morgan fingerprint density at radius 2 is 1.86 bits per heavy atom. The van der Waals surface area contributed by atoms with Crippen molar-refractivity contribution in [3.63, 3.8) is 0 Å². The third-order valence-electron chi connectivity index (χ3n) is 5.12. The first kappa shape index (κ1) is 25.1. The molecule has 0 aliphatic carbocycles. The number of furan rings is 2. The van der Waals surface area contributed by atoms with Crippen molar-refractivity contribution < 1.29 is 23.2 Å². The Morgan fingerprint density at radius 3 is 2.64 bits per heavy atom. The molecule has 10 heteroatoms. The smallest absolute Gasteiger partial charge is 0.307 e. The molecule has 0 radical (unpaired) electrons. The van der Waals surface area contributed by atoms with Gasteiger partial charge in [-0.1, -0.05) is 35.3 Å². The molecule has 2 aromatic heterocycles. The van der Waals surface area contributed by atoms with E-state index in [9.17, 15) is 9.59 Å². The second kappa shape index (κ2) is 11.2. The van der Waals surface area contributed by atoms with Gasteiger partial charge in [0.1, 0.15) is 23.9 Å². The average molecular weight is 526 g/mol. The molecule has 2 amide bonds. The molecule has 0 saturated heterocycles. The summed E-state index contributed by atoms with van der Waals surface area (Å²) >= 11 is 12.0. The summed E-state index contributed by atoms with van der Waals surface area (Å²) < 4.78 is 16.3. The van der Waals surface area contributed by atoms with Crippen LogP contribution in [0.1, 0.15) is 44.9 Å². The van der Waals surface area contributed by atoms with Gasteiger partial charge in [0.25, 0.3) is 5.91 Å². The molecule has 4 aromatic rings. The standard InChI is InChI=1S/C26H21Cl2N3O5/c1-15(17-4-3-5-19(12-17)29-25(32)21-10-11-34-16(21)2)30-31-26(33)23-9-7-20(36-23)14-35-24-13-18(27)6-8-22(24)28/h3-13H,14H2,1-2H3,(H,29,32)(H,31,33)/b30-15+. The number of carbonyl (C=O) groups excluding carboxylic acids is 2. The molecule has 0 atom stereocenters. The van der Waals surface area contributed by atoms with Gasteiger partial charge in [0.05, 0.1) is 22.6 Å². The van der Waals surface area contributed by atoms with Gasteiger partial charge in [0.15, 0.2) is 5.76 Å². The summed E-state index contributed by atoms with van der Waals surface area (Å²) in [6.07, 6.45) is 1.46. The van der Waals surface area contributed by atoms with Crippen molar-refractivity contribution in [2.24, 2.45) is 5.10 Å². The molecule has 0 aliphatic rings. The number of carbonyl (C=O) groups is 2. The van der Waals surface area contributed by atoms with Crippen molar-refractivity contribution in [2.75, 3.05) is 5.32 Å². The van der Waals surface area contributed by atoms with Crippen molar-refractivity contribution >= 4 is 46.4 Å².